The number of phenolic OH excluding ortho intramolecular Hbond substituents is 1. The normalized spacial score (nSPS) is 9.13. The highest BCUT2D eigenvalue weighted by Gasteiger charge is 2.08. The summed E-state index contributed by atoms with van der Waals surface area (Å²) in [6.45, 7) is 0.419. The number of benzene rings is 1. The van der Waals surface area contributed by atoms with Crippen molar-refractivity contribution in [1.29, 1.82) is 0 Å². The van der Waals surface area contributed by atoms with E-state index in [0.717, 1.165) is 0 Å². The summed E-state index contributed by atoms with van der Waals surface area (Å²) in [5.74, 6) is 5.26. The van der Waals surface area contributed by atoms with Gasteiger partial charge < -0.3 is 10.8 Å². The summed E-state index contributed by atoms with van der Waals surface area (Å²) >= 11 is 0. The van der Waals surface area contributed by atoms with Crippen LogP contribution in [0.3, 0.4) is 0 Å². The number of nitro benzene ring substituents is 1. The number of hydrogen-bond donors (Lipinski definition) is 2. The van der Waals surface area contributed by atoms with Gasteiger partial charge in [-0.05, 0) is 6.07 Å². The van der Waals surface area contributed by atoms with E-state index in [2.05, 4.69) is 11.8 Å². The molecule has 0 fully saturated rings. The second kappa shape index (κ2) is 4.98. The van der Waals surface area contributed by atoms with Crippen molar-refractivity contribution in [1.82, 2.24) is 0 Å². The Morgan fingerprint density at radius 2 is 2.27 bits per heavy atom. The fourth-order valence-electron chi connectivity index (χ4n) is 0.968. The molecule has 0 aliphatic heterocycles. The van der Waals surface area contributed by atoms with Gasteiger partial charge in [-0.2, -0.15) is 0 Å². The molecule has 0 aliphatic carbocycles. The van der Waals surface area contributed by atoms with Crippen LogP contribution < -0.4 is 5.73 Å². The van der Waals surface area contributed by atoms with Crippen LogP contribution in [0.5, 0.6) is 5.75 Å². The molecule has 0 spiro atoms. The summed E-state index contributed by atoms with van der Waals surface area (Å²) in [7, 11) is 0. The SMILES string of the molecule is NCCC#Cc1cc([N+](=O)[O-])ccc1O. The first-order valence-corrected chi connectivity index (χ1v) is 4.31. The van der Waals surface area contributed by atoms with Crippen molar-refractivity contribution in [3.63, 3.8) is 0 Å². The van der Waals surface area contributed by atoms with Gasteiger partial charge in [0.05, 0.1) is 10.5 Å². The van der Waals surface area contributed by atoms with E-state index >= 15 is 0 Å². The molecule has 0 radical (unpaired) electrons. The van der Waals surface area contributed by atoms with Gasteiger partial charge in [0.25, 0.3) is 5.69 Å². The number of nitrogens with two attached hydrogens (primary N) is 1. The summed E-state index contributed by atoms with van der Waals surface area (Å²) in [4.78, 5) is 9.92. The van der Waals surface area contributed by atoms with Gasteiger partial charge >= 0.3 is 0 Å². The Balaban J connectivity index is 3.02. The van der Waals surface area contributed by atoms with E-state index in [1.807, 2.05) is 0 Å². The Morgan fingerprint density at radius 3 is 2.87 bits per heavy atom. The maximum atomic E-state index is 10.5. The summed E-state index contributed by atoms with van der Waals surface area (Å²) < 4.78 is 0. The summed E-state index contributed by atoms with van der Waals surface area (Å²) in [6.07, 6.45) is 0.488. The van der Waals surface area contributed by atoms with Crippen LogP contribution in [-0.4, -0.2) is 16.6 Å². The van der Waals surface area contributed by atoms with Gasteiger partial charge in [-0.25, -0.2) is 0 Å². The third-order valence-electron chi connectivity index (χ3n) is 1.68. The Bertz CT molecular complexity index is 432. The molecule has 0 aliphatic rings. The molecule has 0 saturated carbocycles. The molecule has 3 N–H and O–H groups in total. The van der Waals surface area contributed by atoms with Crippen molar-refractivity contribution < 1.29 is 10.0 Å². The van der Waals surface area contributed by atoms with Crippen LogP contribution in [0, 0.1) is 22.0 Å². The molecular formula is C10H10N2O3. The van der Waals surface area contributed by atoms with Gasteiger partial charge in [-0.3, -0.25) is 10.1 Å². The van der Waals surface area contributed by atoms with Crippen LogP contribution >= 0.6 is 0 Å². The first-order valence-electron chi connectivity index (χ1n) is 4.31. The third kappa shape index (κ3) is 2.97. The maximum Gasteiger partial charge on any atom is 0.270 e. The lowest BCUT2D eigenvalue weighted by atomic mass is 10.2. The number of phenols is 1. The molecule has 1 aromatic rings. The fourth-order valence-corrected chi connectivity index (χ4v) is 0.968. The average Bonchev–Trinajstić information content (AvgIpc) is 2.20. The lowest BCUT2D eigenvalue weighted by Gasteiger charge is -1.96. The lowest BCUT2D eigenvalue weighted by Crippen LogP contribution is -1.95. The van der Waals surface area contributed by atoms with Crippen molar-refractivity contribution in [3.8, 4) is 17.6 Å². The van der Waals surface area contributed by atoms with Gasteiger partial charge in [-0.15, -0.1) is 0 Å². The Morgan fingerprint density at radius 1 is 1.53 bits per heavy atom. The standard InChI is InChI=1S/C10H10N2O3/c11-6-2-1-3-8-7-9(12(14)15)4-5-10(8)13/h4-5,7,13H,2,6,11H2. The van der Waals surface area contributed by atoms with E-state index in [9.17, 15) is 15.2 Å². The molecule has 1 aromatic carbocycles. The highest BCUT2D eigenvalue weighted by atomic mass is 16.6. The third-order valence-corrected chi connectivity index (χ3v) is 1.68. The average molecular weight is 206 g/mol. The topological polar surface area (TPSA) is 89.4 Å². The van der Waals surface area contributed by atoms with Crippen LogP contribution in [-0.2, 0) is 0 Å². The number of nitrogens with zero attached hydrogens (tertiary/aromatic N) is 1. The molecule has 5 nitrogen and oxygen atoms in total. The predicted molar refractivity (Wildman–Crippen MR) is 55.3 cm³/mol. The van der Waals surface area contributed by atoms with Gasteiger partial charge in [0, 0.05) is 25.1 Å². The summed E-state index contributed by atoms with van der Waals surface area (Å²) in [6, 6.07) is 3.72. The van der Waals surface area contributed by atoms with E-state index in [0.29, 0.717) is 13.0 Å². The molecule has 78 valence electrons. The van der Waals surface area contributed by atoms with Gasteiger partial charge in [-0.1, -0.05) is 11.8 Å². The molecule has 0 bridgehead atoms. The first-order chi connectivity index (χ1) is 7.15. The monoisotopic (exact) mass is 206 g/mol. The van der Waals surface area contributed by atoms with Crippen LogP contribution in [0.2, 0.25) is 0 Å². The van der Waals surface area contributed by atoms with Crippen molar-refractivity contribution in [2.75, 3.05) is 6.54 Å². The van der Waals surface area contributed by atoms with E-state index in [1.54, 1.807) is 0 Å². The highest BCUT2D eigenvalue weighted by molar-refractivity contribution is 5.51. The first kappa shape index (κ1) is 11.0. The van der Waals surface area contributed by atoms with Crippen LogP contribution in [0.1, 0.15) is 12.0 Å². The van der Waals surface area contributed by atoms with Crippen LogP contribution in [0.4, 0.5) is 5.69 Å². The lowest BCUT2D eigenvalue weighted by molar-refractivity contribution is -0.384. The van der Waals surface area contributed by atoms with E-state index < -0.39 is 4.92 Å². The number of rotatable bonds is 2. The van der Waals surface area contributed by atoms with Gasteiger partial charge in [0.15, 0.2) is 0 Å². The minimum Gasteiger partial charge on any atom is -0.507 e. The summed E-state index contributed by atoms with van der Waals surface area (Å²) in [5, 5.41) is 19.8. The smallest absolute Gasteiger partial charge is 0.270 e. The quantitative estimate of drug-likeness (QED) is 0.429. The highest BCUT2D eigenvalue weighted by Crippen LogP contribution is 2.21. The summed E-state index contributed by atoms with van der Waals surface area (Å²) in [5.41, 5.74) is 5.39. The molecule has 15 heavy (non-hydrogen) atoms. The molecule has 0 unspecified atom stereocenters. The van der Waals surface area contributed by atoms with Gasteiger partial charge in [0.1, 0.15) is 5.75 Å². The molecule has 0 saturated heterocycles. The van der Waals surface area contributed by atoms with Crippen molar-refractivity contribution >= 4 is 5.69 Å². The molecule has 1 rings (SSSR count). The number of nitro groups is 1. The maximum absolute atomic E-state index is 10.5. The molecule has 5 heteroatoms. The predicted octanol–water partition coefficient (Wildman–Crippen LogP) is 1.00. The molecule has 0 atom stereocenters. The van der Waals surface area contributed by atoms with E-state index in [4.69, 9.17) is 5.73 Å². The Hall–Kier alpha value is -2.06. The van der Waals surface area contributed by atoms with Crippen LogP contribution in [0.25, 0.3) is 0 Å². The molecule has 0 aromatic heterocycles. The van der Waals surface area contributed by atoms with Crippen LogP contribution in [0.15, 0.2) is 18.2 Å². The second-order valence-corrected chi connectivity index (χ2v) is 2.80. The fraction of sp³-hybridized carbons (Fsp3) is 0.200. The van der Waals surface area contributed by atoms with E-state index in [1.165, 1.54) is 18.2 Å². The zero-order valence-corrected chi connectivity index (χ0v) is 7.93. The van der Waals surface area contributed by atoms with Crippen molar-refractivity contribution in [3.05, 3.63) is 33.9 Å². The van der Waals surface area contributed by atoms with Gasteiger partial charge in [0.2, 0.25) is 0 Å². The molecular weight excluding hydrogens is 196 g/mol. The minimum atomic E-state index is -0.534. The number of hydrogen-bond acceptors (Lipinski definition) is 4. The Labute approximate surface area is 86.7 Å². The number of aromatic hydroxyl groups is 1. The zero-order chi connectivity index (χ0) is 11.3. The molecule has 0 amide bonds. The number of non-ortho nitro benzene ring substituents is 1. The Kier molecular flexibility index (Phi) is 3.66. The zero-order valence-electron chi connectivity index (χ0n) is 7.93. The van der Waals surface area contributed by atoms with Crippen molar-refractivity contribution in [2.24, 2.45) is 5.73 Å². The molecule has 0 heterocycles. The van der Waals surface area contributed by atoms with Crippen molar-refractivity contribution in [2.45, 2.75) is 6.42 Å². The largest absolute Gasteiger partial charge is 0.507 e. The minimum absolute atomic E-state index is 0.0647. The van der Waals surface area contributed by atoms with E-state index in [-0.39, 0.29) is 17.0 Å². The second-order valence-electron chi connectivity index (χ2n) is 2.80.